The number of ether oxygens (including phenoxy) is 5. The lowest BCUT2D eigenvalue weighted by Crippen LogP contribution is -2.47. The van der Waals surface area contributed by atoms with Gasteiger partial charge in [-0.15, -0.1) is 0 Å². The van der Waals surface area contributed by atoms with E-state index in [2.05, 4.69) is 26.0 Å². The third kappa shape index (κ3) is 22.8. The van der Waals surface area contributed by atoms with Crippen molar-refractivity contribution in [1.82, 2.24) is 0 Å². The number of carbonyl (C=O) groups excluding carboxylic acids is 5. The topological polar surface area (TPSA) is 152 Å². The fraction of sp³-hybridized carbons (Fsp3) is 0.812. The van der Waals surface area contributed by atoms with Crippen LogP contribution in [-0.4, -0.2) is 74.6 Å². The molecule has 0 heterocycles. The lowest BCUT2D eigenvalue weighted by molar-refractivity contribution is -0.176. The molecule has 0 bridgehead atoms. The van der Waals surface area contributed by atoms with Crippen LogP contribution in [0.4, 0.5) is 0 Å². The minimum absolute atomic E-state index is 0.0534. The van der Waals surface area contributed by atoms with Crippen LogP contribution in [0.2, 0.25) is 0 Å². The molecule has 0 atom stereocenters. The highest BCUT2D eigenvalue weighted by atomic mass is 16.6. The van der Waals surface area contributed by atoms with Gasteiger partial charge in [0.1, 0.15) is 19.8 Å². The number of hydrogen-bond acceptors (Lipinski definition) is 11. The van der Waals surface area contributed by atoms with E-state index in [0.717, 1.165) is 83.5 Å². The van der Waals surface area contributed by atoms with Crippen molar-refractivity contribution in [3.63, 3.8) is 0 Å². The molecule has 0 radical (unpaired) electrons. The van der Waals surface area contributed by atoms with E-state index in [0.29, 0.717) is 51.7 Å². The van der Waals surface area contributed by atoms with E-state index in [9.17, 15) is 29.1 Å². The fourth-order valence-corrected chi connectivity index (χ4v) is 8.05. The van der Waals surface area contributed by atoms with E-state index in [4.69, 9.17) is 23.7 Å². The summed E-state index contributed by atoms with van der Waals surface area (Å²) in [5.41, 5.74) is -1.92. The van der Waals surface area contributed by atoms with Crippen molar-refractivity contribution in [3.8, 4) is 0 Å². The number of unbranched alkanes of at least 4 members (excludes halogenated alkanes) is 8. The number of carbonyl (C=O) groups is 5. The van der Waals surface area contributed by atoms with Crippen LogP contribution in [0.1, 0.15) is 194 Å². The molecule has 0 amide bonds. The molecule has 0 aromatic heterocycles. The smallest absolute Gasteiger partial charge is 0.312 e. The van der Waals surface area contributed by atoms with E-state index in [1.54, 1.807) is 0 Å². The summed E-state index contributed by atoms with van der Waals surface area (Å²) in [6.45, 7) is 3.57. The van der Waals surface area contributed by atoms with Gasteiger partial charge in [0, 0.05) is 25.7 Å². The van der Waals surface area contributed by atoms with E-state index in [-0.39, 0.29) is 69.3 Å². The molecule has 2 aliphatic rings. The molecule has 338 valence electrons. The maximum Gasteiger partial charge on any atom is 0.312 e. The summed E-state index contributed by atoms with van der Waals surface area (Å²) < 4.78 is 27.9. The van der Waals surface area contributed by atoms with E-state index < -0.39 is 29.4 Å². The lowest BCUT2D eigenvalue weighted by atomic mass is 9.61. The Morgan fingerprint density at radius 2 is 0.932 bits per heavy atom. The SMILES string of the molecule is CCCCC/C=C\CCOC(=O)CCCCC(=O)OCC(CO)(COC(=O)CCCCC(=O)OCC/C=C\CCCCC)COC(=O)C1(C2CCCCC2)CCCCC1. The van der Waals surface area contributed by atoms with Crippen molar-refractivity contribution in [2.45, 2.75) is 194 Å². The summed E-state index contributed by atoms with van der Waals surface area (Å²) >= 11 is 0. The predicted molar refractivity (Wildman–Crippen MR) is 229 cm³/mol. The average molecular weight is 833 g/mol. The second kappa shape index (κ2) is 32.5. The fourth-order valence-electron chi connectivity index (χ4n) is 8.05. The van der Waals surface area contributed by atoms with Crippen molar-refractivity contribution >= 4 is 29.8 Å². The van der Waals surface area contributed by atoms with Crippen molar-refractivity contribution in [1.29, 1.82) is 0 Å². The van der Waals surface area contributed by atoms with Gasteiger partial charge in [-0.05, 0) is 95.8 Å². The molecule has 0 saturated heterocycles. The monoisotopic (exact) mass is 833 g/mol. The first kappa shape index (κ1) is 51.9. The van der Waals surface area contributed by atoms with Gasteiger partial charge in [0.15, 0.2) is 0 Å². The Morgan fingerprint density at radius 3 is 1.37 bits per heavy atom. The van der Waals surface area contributed by atoms with Crippen molar-refractivity contribution in [3.05, 3.63) is 24.3 Å². The summed E-state index contributed by atoms with van der Waals surface area (Å²) in [6.07, 6.45) is 31.0. The predicted octanol–water partition coefficient (Wildman–Crippen LogP) is 10.4. The zero-order chi connectivity index (χ0) is 42.9. The zero-order valence-corrected chi connectivity index (χ0v) is 37.0. The van der Waals surface area contributed by atoms with Crippen LogP contribution in [0.25, 0.3) is 0 Å². The molecular weight excluding hydrogens is 753 g/mol. The third-order valence-electron chi connectivity index (χ3n) is 11.9. The van der Waals surface area contributed by atoms with Gasteiger partial charge in [-0.3, -0.25) is 24.0 Å². The third-order valence-corrected chi connectivity index (χ3v) is 11.9. The first-order chi connectivity index (χ1) is 28.7. The second-order valence-corrected chi connectivity index (χ2v) is 17.0. The zero-order valence-electron chi connectivity index (χ0n) is 37.0. The molecule has 0 aromatic rings. The van der Waals surface area contributed by atoms with Gasteiger partial charge in [0.25, 0.3) is 0 Å². The van der Waals surface area contributed by atoms with Gasteiger partial charge in [-0.2, -0.15) is 0 Å². The maximum atomic E-state index is 14.0. The first-order valence-electron chi connectivity index (χ1n) is 23.4. The Morgan fingerprint density at radius 1 is 0.525 bits per heavy atom. The Labute approximate surface area is 356 Å². The highest BCUT2D eigenvalue weighted by Crippen LogP contribution is 2.49. The van der Waals surface area contributed by atoms with E-state index >= 15 is 0 Å². The maximum absolute atomic E-state index is 14.0. The Hall–Kier alpha value is -3.21. The minimum Gasteiger partial charge on any atom is -0.465 e. The summed E-state index contributed by atoms with van der Waals surface area (Å²) in [4.78, 5) is 64.0. The number of allylic oxidation sites excluding steroid dienone is 2. The summed E-state index contributed by atoms with van der Waals surface area (Å²) in [5.74, 6) is -1.68. The number of hydrogen-bond donors (Lipinski definition) is 1. The standard InChI is InChI=1S/C48H80O11/c1-3-5-7-9-11-13-25-35-55-42(50)29-19-21-31-44(52)57-38-47(37-49,40-59-46(54)48(33-23-16-24-34-48)41-27-17-15-18-28-41)39-58-45(53)32-22-20-30-43(51)56-36-26-14-12-10-8-6-4-2/h11-14,41,49H,3-10,15-40H2,1-2H3/b13-11-,14-12-. The van der Waals surface area contributed by atoms with E-state index in [1.165, 1.54) is 32.1 Å². The van der Waals surface area contributed by atoms with Crippen LogP contribution >= 0.6 is 0 Å². The highest BCUT2D eigenvalue weighted by Gasteiger charge is 2.48. The lowest BCUT2D eigenvalue weighted by Gasteiger charge is -2.43. The Balaban J connectivity index is 1.88. The van der Waals surface area contributed by atoms with Gasteiger partial charge in [-0.1, -0.05) is 102 Å². The minimum atomic E-state index is -1.36. The number of esters is 5. The van der Waals surface area contributed by atoms with Gasteiger partial charge >= 0.3 is 29.8 Å². The largest absolute Gasteiger partial charge is 0.465 e. The molecule has 1 N–H and O–H groups in total. The van der Waals surface area contributed by atoms with Crippen LogP contribution < -0.4 is 0 Å². The first-order valence-corrected chi connectivity index (χ1v) is 23.4. The Bertz CT molecular complexity index is 1170. The molecule has 2 rings (SSSR count). The summed E-state index contributed by atoms with van der Waals surface area (Å²) in [5, 5.41) is 10.7. The van der Waals surface area contributed by atoms with E-state index in [1.807, 2.05) is 12.2 Å². The molecule has 0 unspecified atom stereocenters. The average Bonchev–Trinajstić information content (AvgIpc) is 3.26. The number of aliphatic hydroxyl groups is 1. The molecule has 11 nitrogen and oxygen atoms in total. The van der Waals surface area contributed by atoms with Crippen molar-refractivity contribution < 1.29 is 52.8 Å². The van der Waals surface area contributed by atoms with Crippen molar-refractivity contribution in [2.75, 3.05) is 39.6 Å². The van der Waals surface area contributed by atoms with Gasteiger partial charge in [-0.25, -0.2) is 0 Å². The molecule has 59 heavy (non-hydrogen) atoms. The van der Waals surface area contributed by atoms with Crippen LogP contribution in [0.15, 0.2) is 24.3 Å². The summed E-state index contributed by atoms with van der Waals surface area (Å²) in [6, 6.07) is 0. The van der Waals surface area contributed by atoms with Crippen LogP contribution in [-0.2, 0) is 47.7 Å². The highest BCUT2D eigenvalue weighted by molar-refractivity contribution is 5.77. The van der Waals surface area contributed by atoms with Crippen molar-refractivity contribution in [2.24, 2.45) is 16.7 Å². The molecule has 2 saturated carbocycles. The molecule has 0 spiro atoms. The molecule has 0 aromatic carbocycles. The number of rotatable bonds is 33. The van der Waals surface area contributed by atoms with Crippen LogP contribution in [0, 0.1) is 16.7 Å². The summed E-state index contributed by atoms with van der Waals surface area (Å²) in [7, 11) is 0. The molecule has 2 fully saturated rings. The quantitative estimate of drug-likeness (QED) is 0.0291. The molecule has 0 aliphatic heterocycles. The second-order valence-electron chi connectivity index (χ2n) is 17.0. The number of aliphatic hydroxyl groups excluding tert-OH is 1. The van der Waals surface area contributed by atoms with Gasteiger partial charge in [0.05, 0.1) is 30.7 Å². The van der Waals surface area contributed by atoms with Crippen LogP contribution in [0.5, 0.6) is 0 Å². The molecule has 11 heteroatoms. The molecule has 2 aliphatic carbocycles. The normalized spacial score (nSPS) is 15.9. The van der Waals surface area contributed by atoms with Gasteiger partial charge < -0.3 is 28.8 Å². The van der Waals surface area contributed by atoms with Gasteiger partial charge in [0.2, 0.25) is 0 Å². The van der Waals surface area contributed by atoms with Crippen LogP contribution in [0.3, 0.4) is 0 Å². The molecular formula is C48H80O11. The Kier molecular flexibility index (Phi) is 28.6.